The highest BCUT2D eigenvalue weighted by atomic mass is 16.7. The highest BCUT2D eigenvalue weighted by Gasteiger charge is 2.70. The molecule has 4 saturated carbocycles. The Labute approximate surface area is 274 Å². The van der Waals surface area contributed by atoms with Crippen LogP contribution in [0.3, 0.4) is 0 Å². The van der Waals surface area contributed by atoms with Gasteiger partial charge in [-0.3, -0.25) is 9.59 Å². The van der Waals surface area contributed by atoms with Crippen LogP contribution in [0.2, 0.25) is 0 Å². The van der Waals surface area contributed by atoms with Crippen LogP contribution in [0.5, 0.6) is 0 Å². The molecule has 9 nitrogen and oxygen atoms in total. The average Bonchev–Trinajstić information content (AvgIpc) is 2.99. The molecule has 0 bridgehead atoms. The van der Waals surface area contributed by atoms with Gasteiger partial charge in [0.2, 0.25) is 6.29 Å². The molecule has 9 heteroatoms. The zero-order valence-electron chi connectivity index (χ0n) is 28.8. The number of rotatable bonds is 5. The molecule has 1 aliphatic heterocycles. The van der Waals surface area contributed by atoms with E-state index in [-0.39, 0.29) is 45.9 Å². The molecule has 0 aromatic heterocycles. The van der Waals surface area contributed by atoms with Crippen LogP contribution in [0, 0.1) is 62.6 Å². The second kappa shape index (κ2) is 11.3. The zero-order chi connectivity index (χ0) is 33.8. The van der Waals surface area contributed by atoms with Gasteiger partial charge in [0.1, 0.15) is 24.4 Å². The molecule has 0 aromatic carbocycles. The first-order valence-corrected chi connectivity index (χ1v) is 17.8. The molecule has 6 aliphatic rings. The Morgan fingerprint density at radius 1 is 0.935 bits per heavy atom. The molecule has 46 heavy (non-hydrogen) atoms. The molecule has 6 unspecified atom stereocenters. The van der Waals surface area contributed by atoms with Crippen molar-refractivity contribution in [3.8, 4) is 0 Å². The number of hydrogen-bond donors (Lipinski definition) is 5. The summed E-state index contributed by atoms with van der Waals surface area (Å²) in [6, 6.07) is 0. The van der Waals surface area contributed by atoms with Gasteiger partial charge in [0, 0.05) is 0 Å². The van der Waals surface area contributed by atoms with Gasteiger partial charge >= 0.3 is 5.97 Å². The number of fused-ring (bicyclic) bond motifs is 7. The molecule has 5 aliphatic carbocycles. The molecule has 0 aromatic rings. The lowest BCUT2D eigenvalue weighted by molar-refractivity contribution is -0.308. The van der Waals surface area contributed by atoms with Crippen molar-refractivity contribution in [3.05, 3.63) is 11.6 Å². The van der Waals surface area contributed by atoms with Gasteiger partial charge < -0.3 is 35.0 Å². The van der Waals surface area contributed by atoms with Crippen LogP contribution < -0.4 is 0 Å². The van der Waals surface area contributed by atoms with Crippen molar-refractivity contribution >= 4 is 12.4 Å². The van der Waals surface area contributed by atoms with Crippen LogP contribution in [-0.4, -0.2) is 74.8 Å². The first-order chi connectivity index (χ1) is 21.4. The second-order valence-corrected chi connectivity index (χ2v) is 17.7. The van der Waals surface area contributed by atoms with E-state index in [2.05, 4.69) is 54.5 Å². The highest BCUT2D eigenvalue weighted by Crippen LogP contribution is 2.76. The number of carbonyl (C=O) groups is 2. The van der Waals surface area contributed by atoms with Crippen molar-refractivity contribution in [1.82, 2.24) is 0 Å². The van der Waals surface area contributed by atoms with Crippen LogP contribution in [0.25, 0.3) is 0 Å². The molecule has 1 saturated heterocycles. The van der Waals surface area contributed by atoms with Crippen molar-refractivity contribution in [2.45, 2.75) is 143 Å². The maximum atomic E-state index is 13.0. The number of carboxylic acid groups (broad SMARTS) is 1. The molecule has 0 spiro atoms. The minimum absolute atomic E-state index is 0.0112. The lowest BCUT2D eigenvalue weighted by Gasteiger charge is -2.72. The van der Waals surface area contributed by atoms with Gasteiger partial charge in [-0.25, -0.2) is 0 Å². The van der Waals surface area contributed by atoms with E-state index in [0.29, 0.717) is 24.2 Å². The Bertz CT molecular complexity index is 1250. The van der Waals surface area contributed by atoms with Crippen LogP contribution in [0.1, 0.15) is 106 Å². The molecule has 260 valence electrons. The molecular formula is C37H58O9. The molecule has 0 radical (unpaired) electrons. The quantitative estimate of drug-likeness (QED) is 0.212. The first kappa shape index (κ1) is 34.3. The lowest BCUT2D eigenvalue weighted by atomic mass is 9.33. The van der Waals surface area contributed by atoms with Crippen molar-refractivity contribution in [1.29, 1.82) is 0 Å². The van der Waals surface area contributed by atoms with Crippen molar-refractivity contribution in [2.24, 2.45) is 62.6 Å². The van der Waals surface area contributed by atoms with Crippen LogP contribution in [0.4, 0.5) is 0 Å². The van der Waals surface area contributed by atoms with Gasteiger partial charge in [-0.15, -0.1) is 0 Å². The van der Waals surface area contributed by atoms with Gasteiger partial charge in [-0.1, -0.05) is 60.1 Å². The van der Waals surface area contributed by atoms with Gasteiger partial charge in [-0.05, 0) is 115 Å². The summed E-state index contributed by atoms with van der Waals surface area (Å²) in [6.45, 7) is 16.5. The monoisotopic (exact) mass is 646 g/mol. The number of hydrogen-bond acceptors (Lipinski definition) is 8. The van der Waals surface area contributed by atoms with E-state index in [0.717, 1.165) is 51.4 Å². The minimum Gasteiger partial charge on any atom is -0.481 e. The minimum atomic E-state index is -1.63. The average molecular weight is 647 g/mol. The summed E-state index contributed by atoms with van der Waals surface area (Å²) in [4.78, 5) is 24.0. The maximum Gasteiger partial charge on any atom is 0.310 e. The van der Waals surface area contributed by atoms with E-state index in [1.165, 1.54) is 5.57 Å². The van der Waals surface area contributed by atoms with E-state index in [1.54, 1.807) is 0 Å². The Morgan fingerprint density at radius 2 is 1.63 bits per heavy atom. The smallest absolute Gasteiger partial charge is 0.310 e. The van der Waals surface area contributed by atoms with Crippen LogP contribution in [0.15, 0.2) is 11.6 Å². The summed E-state index contributed by atoms with van der Waals surface area (Å²) >= 11 is 0. The summed E-state index contributed by atoms with van der Waals surface area (Å²) in [6.07, 6.45) is 1.77. The van der Waals surface area contributed by atoms with Crippen LogP contribution in [-0.2, 0) is 19.1 Å². The summed E-state index contributed by atoms with van der Waals surface area (Å²) in [5, 5.41) is 54.1. The van der Waals surface area contributed by atoms with Crippen LogP contribution >= 0.6 is 0 Å². The molecule has 6 rings (SSSR count). The predicted molar refractivity (Wildman–Crippen MR) is 170 cm³/mol. The third-order valence-corrected chi connectivity index (χ3v) is 16.1. The number of aliphatic hydroxyl groups is 4. The summed E-state index contributed by atoms with van der Waals surface area (Å²) in [5.74, 6) is 0.705. The first-order valence-electron chi connectivity index (χ1n) is 17.8. The Hall–Kier alpha value is -1.52. The normalized spacial score (nSPS) is 53.7. The molecule has 0 amide bonds. The number of aliphatic hydroxyl groups excluding tert-OH is 4. The highest BCUT2D eigenvalue weighted by molar-refractivity contribution is 5.76. The number of aliphatic carboxylic acids is 1. The molecule has 5 fully saturated rings. The second-order valence-electron chi connectivity index (χ2n) is 17.7. The largest absolute Gasteiger partial charge is 0.481 e. The number of carbonyl (C=O) groups excluding carboxylic acids is 1. The fourth-order valence-electron chi connectivity index (χ4n) is 13.1. The summed E-state index contributed by atoms with van der Waals surface area (Å²) in [7, 11) is 0. The fourth-order valence-corrected chi connectivity index (χ4v) is 13.1. The predicted octanol–water partition coefficient (Wildman–Crippen LogP) is 4.69. The van der Waals surface area contributed by atoms with Crippen molar-refractivity contribution in [2.75, 3.05) is 0 Å². The van der Waals surface area contributed by atoms with Gasteiger partial charge in [0.05, 0.1) is 11.5 Å². The van der Waals surface area contributed by atoms with E-state index in [1.807, 2.05) is 0 Å². The maximum absolute atomic E-state index is 13.0. The van der Waals surface area contributed by atoms with Crippen molar-refractivity contribution < 1.29 is 44.6 Å². The van der Waals surface area contributed by atoms with Crippen molar-refractivity contribution in [3.63, 3.8) is 0 Å². The summed E-state index contributed by atoms with van der Waals surface area (Å²) < 4.78 is 10.6. The molecule has 16 atom stereocenters. The zero-order valence-corrected chi connectivity index (χ0v) is 28.8. The van der Waals surface area contributed by atoms with E-state index in [9.17, 15) is 35.1 Å². The van der Waals surface area contributed by atoms with Gasteiger partial charge in [0.25, 0.3) is 6.47 Å². The third kappa shape index (κ3) is 4.43. The van der Waals surface area contributed by atoms with E-state index >= 15 is 0 Å². The molecular weight excluding hydrogens is 588 g/mol. The molecule has 1 heterocycles. The van der Waals surface area contributed by atoms with Gasteiger partial charge in [-0.2, -0.15) is 0 Å². The fraction of sp³-hybridized carbons (Fsp3) is 0.892. The Balaban J connectivity index is 1.31. The SMILES string of the molecule is C[C@@H]1CC[C@]2(C(=O)O)CC[C@]3(C)C(=CCC4[C@@]5(C)CC[C@@H](C(O)[C@@H]6OC(OC=O)[C@@H](O)C(O)[C@@H]6O)C(C)(C)C5CC[C@]43C)C2[C@H]1C. The van der Waals surface area contributed by atoms with E-state index < -0.39 is 48.2 Å². The lowest BCUT2D eigenvalue weighted by Crippen LogP contribution is -2.67. The summed E-state index contributed by atoms with van der Waals surface area (Å²) in [5.41, 5.74) is 0.322. The standard InChI is InChI=1S/C37H58O9/c1-19-10-15-37(32(43)44)17-16-35(6)21(25(37)20(19)2)8-9-24-34(5)13-11-22(33(3,4)23(34)12-14-36(24,35)7)26(39)30-28(41)27(40)29(42)31(46-30)45-18-38/h8,18-20,22-31,39-42H,9-17H2,1-7H3,(H,43,44)/t19-,20+,22+,23?,24?,25?,26?,27?,28+,29+,30+,31?,34+,35-,36-,37+/m1/s1. The Kier molecular flexibility index (Phi) is 8.41. The van der Waals surface area contributed by atoms with Gasteiger partial charge in [0.15, 0.2) is 0 Å². The Morgan fingerprint density at radius 3 is 2.28 bits per heavy atom. The van der Waals surface area contributed by atoms with E-state index in [4.69, 9.17) is 9.47 Å². The number of carboxylic acids is 1. The topological polar surface area (TPSA) is 154 Å². The number of allylic oxidation sites excluding steroid dienone is 2. The number of ether oxygens (including phenoxy) is 2. The third-order valence-electron chi connectivity index (χ3n) is 16.1. The molecule has 5 N–H and O–H groups in total.